The van der Waals surface area contributed by atoms with Crippen LogP contribution in [0.25, 0.3) is 0 Å². The zero-order valence-corrected chi connectivity index (χ0v) is 9.41. The SMILES string of the molecule is CO[C@H]1C[C@H](CN2CCN(C)CC2)C1. The van der Waals surface area contributed by atoms with Crippen LogP contribution in [0.5, 0.6) is 0 Å². The maximum absolute atomic E-state index is 5.30. The maximum atomic E-state index is 5.30. The summed E-state index contributed by atoms with van der Waals surface area (Å²) in [5.41, 5.74) is 0. The number of nitrogens with zero attached hydrogens (tertiary/aromatic N) is 2. The van der Waals surface area contributed by atoms with Gasteiger partial charge in [0, 0.05) is 39.8 Å². The van der Waals surface area contributed by atoms with E-state index in [1.54, 1.807) is 0 Å². The molecule has 2 rings (SSSR count). The molecular formula is C11H22N2O. The van der Waals surface area contributed by atoms with E-state index in [9.17, 15) is 0 Å². The molecule has 0 radical (unpaired) electrons. The van der Waals surface area contributed by atoms with E-state index in [0.717, 1.165) is 5.92 Å². The van der Waals surface area contributed by atoms with Gasteiger partial charge in [0.05, 0.1) is 6.10 Å². The molecule has 2 fully saturated rings. The summed E-state index contributed by atoms with van der Waals surface area (Å²) in [6, 6.07) is 0. The predicted octanol–water partition coefficient (Wildman–Crippen LogP) is 0.659. The first-order valence-electron chi connectivity index (χ1n) is 5.71. The third kappa shape index (κ3) is 2.47. The van der Waals surface area contributed by atoms with Crippen LogP contribution in [0.4, 0.5) is 0 Å². The smallest absolute Gasteiger partial charge is 0.0577 e. The van der Waals surface area contributed by atoms with Gasteiger partial charge in [-0.15, -0.1) is 0 Å². The van der Waals surface area contributed by atoms with Crippen molar-refractivity contribution < 1.29 is 4.74 Å². The monoisotopic (exact) mass is 198 g/mol. The normalized spacial score (nSPS) is 35.6. The highest BCUT2D eigenvalue weighted by molar-refractivity contribution is 4.83. The predicted molar refractivity (Wildman–Crippen MR) is 57.5 cm³/mol. The van der Waals surface area contributed by atoms with E-state index in [0.29, 0.717) is 6.10 Å². The Kier molecular flexibility index (Phi) is 3.42. The van der Waals surface area contributed by atoms with E-state index in [-0.39, 0.29) is 0 Å². The number of piperazine rings is 1. The van der Waals surface area contributed by atoms with Crippen molar-refractivity contribution in [2.75, 3.05) is 46.9 Å². The van der Waals surface area contributed by atoms with Crippen LogP contribution in [-0.2, 0) is 4.74 Å². The fourth-order valence-corrected chi connectivity index (χ4v) is 2.41. The number of hydrogen-bond acceptors (Lipinski definition) is 3. The summed E-state index contributed by atoms with van der Waals surface area (Å²) in [4.78, 5) is 5.02. The third-order valence-electron chi connectivity index (χ3n) is 3.64. The summed E-state index contributed by atoms with van der Waals surface area (Å²) in [5, 5.41) is 0. The van der Waals surface area contributed by atoms with Gasteiger partial charge < -0.3 is 14.5 Å². The van der Waals surface area contributed by atoms with Crippen molar-refractivity contribution in [3.05, 3.63) is 0 Å². The Morgan fingerprint density at radius 2 is 1.79 bits per heavy atom. The largest absolute Gasteiger partial charge is 0.381 e. The first-order chi connectivity index (χ1) is 6.78. The van der Waals surface area contributed by atoms with E-state index >= 15 is 0 Å². The lowest BCUT2D eigenvalue weighted by Crippen LogP contribution is -2.48. The molecule has 3 nitrogen and oxygen atoms in total. The Morgan fingerprint density at radius 1 is 1.14 bits per heavy atom. The van der Waals surface area contributed by atoms with E-state index in [1.807, 2.05) is 7.11 Å². The number of ether oxygens (including phenoxy) is 1. The number of methoxy groups -OCH3 is 1. The average molecular weight is 198 g/mol. The first kappa shape index (κ1) is 10.4. The molecular weight excluding hydrogens is 176 g/mol. The van der Waals surface area contributed by atoms with Crippen LogP contribution in [0.3, 0.4) is 0 Å². The van der Waals surface area contributed by atoms with Gasteiger partial charge in [-0.3, -0.25) is 0 Å². The van der Waals surface area contributed by atoms with Crippen LogP contribution in [-0.4, -0.2) is 62.8 Å². The van der Waals surface area contributed by atoms with Gasteiger partial charge >= 0.3 is 0 Å². The van der Waals surface area contributed by atoms with Crippen molar-refractivity contribution in [1.82, 2.24) is 9.80 Å². The van der Waals surface area contributed by atoms with E-state index in [1.165, 1.54) is 45.6 Å². The molecule has 82 valence electrons. The molecule has 1 aliphatic carbocycles. The minimum Gasteiger partial charge on any atom is -0.381 e. The van der Waals surface area contributed by atoms with Gasteiger partial charge in [-0.25, -0.2) is 0 Å². The van der Waals surface area contributed by atoms with Crippen molar-refractivity contribution in [3.63, 3.8) is 0 Å². The Hall–Kier alpha value is -0.120. The summed E-state index contributed by atoms with van der Waals surface area (Å²) in [7, 11) is 4.04. The molecule has 0 aromatic rings. The van der Waals surface area contributed by atoms with Crippen LogP contribution in [0.1, 0.15) is 12.8 Å². The lowest BCUT2D eigenvalue weighted by molar-refractivity contribution is -0.0150. The van der Waals surface area contributed by atoms with Crippen molar-refractivity contribution in [2.24, 2.45) is 5.92 Å². The van der Waals surface area contributed by atoms with Gasteiger partial charge in [-0.2, -0.15) is 0 Å². The molecule has 3 heteroatoms. The van der Waals surface area contributed by atoms with Crippen molar-refractivity contribution in [2.45, 2.75) is 18.9 Å². The molecule has 1 aliphatic heterocycles. The second-order valence-corrected chi connectivity index (χ2v) is 4.80. The minimum absolute atomic E-state index is 0.562. The van der Waals surface area contributed by atoms with Crippen molar-refractivity contribution in [1.29, 1.82) is 0 Å². The fraction of sp³-hybridized carbons (Fsp3) is 1.00. The van der Waals surface area contributed by atoms with Crippen LogP contribution in [0, 0.1) is 5.92 Å². The topological polar surface area (TPSA) is 15.7 Å². The number of likely N-dealkylation sites (N-methyl/N-ethyl adjacent to an activating group) is 1. The van der Waals surface area contributed by atoms with Gasteiger partial charge in [0.1, 0.15) is 0 Å². The third-order valence-corrected chi connectivity index (χ3v) is 3.64. The molecule has 1 saturated carbocycles. The average Bonchev–Trinajstić information content (AvgIpc) is 2.13. The summed E-state index contributed by atoms with van der Waals surface area (Å²) >= 11 is 0. The Bertz CT molecular complexity index is 172. The number of hydrogen-bond donors (Lipinski definition) is 0. The first-order valence-corrected chi connectivity index (χ1v) is 5.71. The molecule has 1 heterocycles. The maximum Gasteiger partial charge on any atom is 0.0577 e. The quantitative estimate of drug-likeness (QED) is 0.662. The highest BCUT2D eigenvalue weighted by atomic mass is 16.5. The van der Waals surface area contributed by atoms with Gasteiger partial charge in [-0.05, 0) is 25.8 Å². The van der Waals surface area contributed by atoms with E-state index in [2.05, 4.69) is 16.8 Å². The molecule has 0 bridgehead atoms. The molecule has 2 aliphatic rings. The van der Waals surface area contributed by atoms with E-state index in [4.69, 9.17) is 4.74 Å². The van der Waals surface area contributed by atoms with Gasteiger partial charge in [0.2, 0.25) is 0 Å². The summed E-state index contributed by atoms with van der Waals surface area (Å²) in [6.07, 6.45) is 3.12. The van der Waals surface area contributed by atoms with Crippen LogP contribution >= 0.6 is 0 Å². The molecule has 0 unspecified atom stereocenters. The summed E-state index contributed by atoms with van der Waals surface area (Å²) in [5.74, 6) is 0.906. The lowest BCUT2D eigenvalue weighted by Gasteiger charge is -2.40. The molecule has 1 saturated heterocycles. The summed E-state index contributed by atoms with van der Waals surface area (Å²) < 4.78 is 5.30. The summed E-state index contributed by atoms with van der Waals surface area (Å²) in [6.45, 7) is 6.28. The minimum atomic E-state index is 0.562. The standard InChI is InChI=1S/C11H22N2O/c1-12-3-5-13(6-4-12)9-10-7-11(8-10)14-2/h10-11H,3-9H2,1-2H3/t10-,11-. The second-order valence-electron chi connectivity index (χ2n) is 4.80. The highest BCUT2D eigenvalue weighted by Crippen LogP contribution is 2.30. The molecule has 0 amide bonds. The van der Waals surface area contributed by atoms with Crippen LogP contribution in [0.15, 0.2) is 0 Å². The Balaban J connectivity index is 1.62. The molecule has 0 atom stereocenters. The molecule has 0 aromatic carbocycles. The lowest BCUT2D eigenvalue weighted by atomic mass is 9.82. The second kappa shape index (κ2) is 4.60. The highest BCUT2D eigenvalue weighted by Gasteiger charge is 2.30. The van der Waals surface area contributed by atoms with Crippen LogP contribution in [0.2, 0.25) is 0 Å². The van der Waals surface area contributed by atoms with Gasteiger partial charge in [0.25, 0.3) is 0 Å². The fourth-order valence-electron chi connectivity index (χ4n) is 2.41. The zero-order chi connectivity index (χ0) is 9.97. The van der Waals surface area contributed by atoms with Crippen molar-refractivity contribution >= 4 is 0 Å². The van der Waals surface area contributed by atoms with Crippen LogP contribution < -0.4 is 0 Å². The van der Waals surface area contributed by atoms with E-state index < -0.39 is 0 Å². The molecule has 14 heavy (non-hydrogen) atoms. The Labute approximate surface area is 87.0 Å². The number of rotatable bonds is 3. The van der Waals surface area contributed by atoms with Crippen molar-refractivity contribution in [3.8, 4) is 0 Å². The zero-order valence-electron chi connectivity index (χ0n) is 9.41. The molecule has 0 aromatic heterocycles. The van der Waals surface area contributed by atoms with Gasteiger partial charge in [-0.1, -0.05) is 0 Å². The van der Waals surface area contributed by atoms with Gasteiger partial charge in [0.15, 0.2) is 0 Å². The molecule has 0 spiro atoms. The Morgan fingerprint density at radius 3 is 2.36 bits per heavy atom. The molecule has 0 N–H and O–H groups in total.